The first kappa shape index (κ1) is 13.8. The molecular formula is C13H25N3O2. The van der Waals surface area contributed by atoms with Crippen molar-refractivity contribution in [3.05, 3.63) is 0 Å². The predicted octanol–water partition coefficient (Wildman–Crippen LogP) is -0.361. The Labute approximate surface area is 109 Å². The van der Waals surface area contributed by atoms with E-state index < -0.39 is 11.9 Å². The third-order valence-electron chi connectivity index (χ3n) is 4.26. The van der Waals surface area contributed by atoms with Gasteiger partial charge in [-0.2, -0.15) is 0 Å². The predicted molar refractivity (Wildman–Crippen MR) is 70.0 cm³/mol. The lowest BCUT2D eigenvalue weighted by atomic mass is 9.85. The summed E-state index contributed by atoms with van der Waals surface area (Å²) < 4.78 is 0. The van der Waals surface area contributed by atoms with Gasteiger partial charge in [0.1, 0.15) is 6.04 Å². The summed E-state index contributed by atoms with van der Waals surface area (Å²) in [4.78, 5) is 15.8. The lowest BCUT2D eigenvalue weighted by Crippen LogP contribution is -2.72. The van der Waals surface area contributed by atoms with Gasteiger partial charge in [0, 0.05) is 25.2 Å². The lowest BCUT2D eigenvalue weighted by molar-refractivity contribution is -0.133. The van der Waals surface area contributed by atoms with Crippen molar-refractivity contribution < 1.29 is 9.90 Å². The van der Waals surface area contributed by atoms with E-state index in [1.165, 1.54) is 12.8 Å². The average Bonchev–Trinajstić information content (AvgIpc) is 2.60. The van der Waals surface area contributed by atoms with Crippen LogP contribution in [0.2, 0.25) is 0 Å². The molecule has 1 spiro atoms. The van der Waals surface area contributed by atoms with E-state index in [4.69, 9.17) is 5.73 Å². The van der Waals surface area contributed by atoms with E-state index in [-0.39, 0.29) is 12.1 Å². The van der Waals surface area contributed by atoms with Crippen molar-refractivity contribution in [2.24, 2.45) is 11.7 Å². The molecule has 0 aromatic carbocycles. The highest BCUT2D eigenvalue weighted by Crippen LogP contribution is 2.38. The van der Waals surface area contributed by atoms with Crippen molar-refractivity contribution in [1.29, 1.82) is 0 Å². The first-order valence-corrected chi connectivity index (χ1v) is 6.88. The van der Waals surface area contributed by atoms with Crippen LogP contribution in [-0.4, -0.2) is 65.2 Å². The molecule has 5 nitrogen and oxygen atoms in total. The highest BCUT2D eigenvalue weighted by Gasteiger charge is 2.52. The van der Waals surface area contributed by atoms with Gasteiger partial charge >= 0.3 is 0 Å². The average molecular weight is 255 g/mol. The quantitative estimate of drug-likeness (QED) is 0.704. The van der Waals surface area contributed by atoms with Crippen LogP contribution in [0.1, 0.15) is 26.7 Å². The molecule has 18 heavy (non-hydrogen) atoms. The smallest absolute Gasteiger partial charge is 0.237 e. The molecule has 0 aliphatic carbocycles. The Balaban J connectivity index is 1.95. The molecule has 5 heteroatoms. The number of aliphatic hydroxyl groups is 1. The maximum Gasteiger partial charge on any atom is 0.237 e. The van der Waals surface area contributed by atoms with Gasteiger partial charge in [-0.15, -0.1) is 0 Å². The normalized spacial score (nSPS) is 25.6. The summed E-state index contributed by atoms with van der Waals surface area (Å²) in [5.74, 6) is 0.250. The zero-order valence-corrected chi connectivity index (χ0v) is 11.4. The summed E-state index contributed by atoms with van der Waals surface area (Å²) in [6, 6.07) is -0.503. The molecule has 2 rings (SSSR count). The van der Waals surface area contributed by atoms with Crippen molar-refractivity contribution in [2.75, 3.05) is 32.8 Å². The summed E-state index contributed by atoms with van der Waals surface area (Å²) in [6.45, 7) is 8.32. The Morgan fingerprint density at radius 2 is 2.11 bits per heavy atom. The van der Waals surface area contributed by atoms with Crippen LogP contribution in [0.5, 0.6) is 0 Å². The van der Waals surface area contributed by atoms with E-state index in [2.05, 4.69) is 18.7 Å². The van der Waals surface area contributed by atoms with Crippen LogP contribution in [0, 0.1) is 5.92 Å². The number of likely N-dealkylation sites (tertiary alicyclic amines) is 2. The molecule has 104 valence electrons. The van der Waals surface area contributed by atoms with Crippen LogP contribution in [0.15, 0.2) is 0 Å². The van der Waals surface area contributed by atoms with Crippen LogP contribution < -0.4 is 5.73 Å². The SMILES string of the molecule is CC(C)CN1CCCC12CN(C(CO)C(N)=O)C2. The molecular weight excluding hydrogens is 230 g/mol. The van der Waals surface area contributed by atoms with Crippen molar-refractivity contribution in [1.82, 2.24) is 9.80 Å². The minimum atomic E-state index is -0.503. The van der Waals surface area contributed by atoms with E-state index in [0.717, 1.165) is 26.2 Å². The van der Waals surface area contributed by atoms with Crippen LogP contribution in [0.3, 0.4) is 0 Å². The minimum Gasteiger partial charge on any atom is -0.394 e. The van der Waals surface area contributed by atoms with Crippen LogP contribution in [-0.2, 0) is 4.79 Å². The summed E-state index contributed by atoms with van der Waals surface area (Å²) in [7, 11) is 0. The fraction of sp³-hybridized carbons (Fsp3) is 0.923. The van der Waals surface area contributed by atoms with E-state index >= 15 is 0 Å². The number of carbonyl (C=O) groups excluding carboxylic acids is 1. The number of rotatable bonds is 5. The maximum absolute atomic E-state index is 11.2. The van der Waals surface area contributed by atoms with Gasteiger partial charge in [-0.05, 0) is 25.3 Å². The summed E-state index contributed by atoms with van der Waals surface area (Å²) in [5.41, 5.74) is 5.55. The molecule has 0 aromatic heterocycles. The number of nitrogens with zero attached hydrogens (tertiary/aromatic N) is 2. The highest BCUT2D eigenvalue weighted by atomic mass is 16.3. The van der Waals surface area contributed by atoms with E-state index in [1.807, 2.05) is 4.90 Å². The Morgan fingerprint density at radius 1 is 1.44 bits per heavy atom. The minimum absolute atomic E-state index is 0.171. The summed E-state index contributed by atoms with van der Waals surface area (Å²) in [6.07, 6.45) is 2.44. The Hall–Kier alpha value is -0.650. The molecule has 1 atom stereocenters. The monoisotopic (exact) mass is 255 g/mol. The highest BCUT2D eigenvalue weighted by molar-refractivity contribution is 5.80. The Bertz CT molecular complexity index is 313. The number of primary amides is 1. The van der Waals surface area contributed by atoms with Crippen molar-refractivity contribution in [3.8, 4) is 0 Å². The van der Waals surface area contributed by atoms with Gasteiger partial charge in [-0.1, -0.05) is 13.8 Å². The second-order valence-electron chi connectivity index (χ2n) is 6.17. The first-order chi connectivity index (χ1) is 8.48. The number of hydrogen-bond donors (Lipinski definition) is 2. The third kappa shape index (κ3) is 2.39. The van der Waals surface area contributed by atoms with Gasteiger partial charge in [-0.3, -0.25) is 14.6 Å². The van der Waals surface area contributed by atoms with Crippen LogP contribution in [0.25, 0.3) is 0 Å². The zero-order chi connectivity index (χ0) is 13.3. The molecule has 2 saturated heterocycles. The molecule has 0 saturated carbocycles. The van der Waals surface area contributed by atoms with Crippen molar-refractivity contribution >= 4 is 5.91 Å². The lowest BCUT2D eigenvalue weighted by Gasteiger charge is -2.55. The van der Waals surface area contributed by atoms with Gasteiger partial charge in [0.05, 0.1) is 6.61 Å². The second-order valence-corrected chi connectivity index (χ2v) is 6.17. The number of aliphatic hydroxyl groups excluding tert-OH is 1. The number of amides is 1. The van der Waals surface area contributed by atoms with Crippen molar-refractivity contribution in [2.45, 2.75) is 38.3 Å². The third-order valence-corrected chi connectivity index (χ3v) is 4.26. The summed E-state index contributed by atoms with van der Waals surface area (Å²) >= 11 is 0. The molecule has 2 aliphatic rings. The number of hydrogen-bond acceptors (Lipinski definition) is 4. The van der Waals surface area contributed by atoms with Gasteiger partial charge in [0.2, 0.25) is 5.91 Å². The summed E-state index contributed by atoms with van der Waals surface area (Å²) in [5, 5.41) is 9.22. The Morgan fingerprint density at radius 3 is 2.61 bits per heavy atom. The first-order valence-electron chi connectivity index (χ1n) is 6.88. The van der Waals surface area contributed by atoms with Gasteiger partial charge in [0.15, 0.2) is 0 Å². The van der Waals surface area contributed by atoms with E-state index in [0.29, 0.717) is 5.92 Å². The van der Waals surface area contributed by atoms with E-state index in [9.17, 15) is 9.90 Å². The maximum atomic E-state index is 11.2. The largest absolute Gasteiger partial charge is 0.394 e. The molecule has 1 amide bonds. The van der Waals surface area contributed by atoms with Crippen LogP contribution >= 0.6 is 0 Å². The molecule has 2 heterocycles. The molecule has 0 bridgehead atoms. The topological polar surface area (TPSA) is 69.8 Å². The molecule has 0 radical (unpaired) electrons. The van der Waals surface area contributed by atoms with Crippen molar-refractivity contribution in [3.63, 3.8) is 0 Å². The van der Waals surface area contributed by atoms with Gasteiger partial charge < -0.3 is 10.8 Å². The number of carbonyl (C=O) groups is 1. The fourth-order valence-corrected chi connectivity index (χ4v) is 3.39. The molecule has 2 fully saturated rings. The second kappa shape index (κ2) is 5.15. The zero-order valence-electron chi connectivity index (χ0n) is 11.4. The van der Waals surface area contributed by atoms with Gasteiger partial charge in [-0.25, -0.2) is 0 Å². The molecule has 1 unspecified atom stereocenters. The molecule has 2 aliphatic heterocycles. The Kier molecular flexibility index (Phi) is 3.94. The fourth-order valence-electron chi connectivity index (χ4n) is 3.39. The molecule has 3 N–H and O–H groups in total. The molecule has 0 aromatic rings. The number of nitrogens with two attached hydrogens (primary N) is 1. The standard InChI is InChI=1S/C13H25N3O2/c1-10(2)6-16-5-3-4-13(16)8-15(9-13)11(7-17)12(14)18/h10-11,17H,3-9H2,1-2H3,(H2,14,18). The van der Waals surface area contributed by atoms with Gasteiger partial charge in [0.25, 0.3) is 0 Å². The van der Waals surface area contributed by atoms with Crippen LogP contribution in [0.4, 0.5) is 0 Å². The van der Waals surface area contributed by atoms with E-state index in [1.54, 1.807) is 0 Å².